The summed E-state index contributed by atoms with van der Waals surface area (Å²) in [5.74, 6) is 0.324. The number of nitrogens with zero attached hydrogens (tertiary/aromatic N) is 2. The number of ether oxygens (including phenoxy) is 1. The van der Waals surface area contributed by atoms with E-state index in [-0.39, 0.29) is 24.0 Å². The molecule has 0 bridgehead atoms. The van der Waals surface area contributed by atoms with Crippen LogP contribution in [0.5, 0.6) is 0 Å². The van der Waals surface area contributed by atoms with Crippen LogP contribution in [0.2, 0.25) is 0 Å². The number of carbonyl (C=O) groups excluding carboxylic acids is 2. The number of nitrogens with one attached hydrogen (secondary N) is 2. The number of aryl methyl sites for hydroxylation is 1. The van der Waals surface area contributed by atoms with Crippen LogP contribution in [0.1, 0.15) is 56.6 Å². The molecule has 0 atom stereocenters. The predicted octanol–water partition coefficient (Wildman–Crippen LogP) is 2.77. The predicted molar refractivity (Wildman–Crippen MR) is 89.8 cm³/mol. The molecule has 132 valence electrons. The molecule has 1 aromatic heterocycles. The molecule has 2 aliphatic rings. The Labute approximate surface area is 142 Å². The van der Waals surface area contributed by atoms with E-state index in [0.717, 1.165) is 18.4 Å². The maximum absolute atomic E-state index is 12.1. The van der Waals surface area contributed by atoms with Crippen molar-refractivity contribution in [1.82, 2.24) is 15.1 Å². The van der Waals surface area contributed by atoms with Gasteiger partial charge in [-0.1, -0.05) is 19.3 Å². The van der Waals surface area contributed by atoms with E-state index in [1.54, 1.807) is 0 Å². The van der Waals surface area contributed by atoms with Crippen molar-refractivity contribution in [3.05, 3.63) is 11.8 Å². The van der Waals surface area contributed by atoms with Crippen molar-refractivity contribution in [1.29, 1.82) is 0 Å². The van der Waals surface area contributed by atoms with Gasteiger partial charge in [0.05, 0.1) is 19.1 Å². The molecule has 2 N–H and O–H groups in total. The van der Waals surface area contributed by atoms with Crippen molar-refractivity contribution in [3.8, 4) is 0 Å². The van der Waals surface area contributed by atoms with Gasteiger partial charge in [-0.2, -0.15) is 5.10 Å². The lowest BCUT2D eigenvalue weighted by atomic mass is 9.80. The Morgan fingerprint density at radius 2 is 1.96 bits per heavy atom. The first kappa shape index (κ1) is 16.8. The summed E-state index contributed by atoms with van der Waals surface area (Å²) in [5, 5.41) is 10.3. The van der Waals surface area contributed by atoms with Gasteiger partial charge in [0.1, 0.15) is 0 Å². The summed E-state index contributed by atoms with van der Waals surface area (Å²) in [4.78, 5) is 23.5. The van der Waals surface area contributed by atoms with Gasteiger partial charge in [0.25, 0.3) is 0 Å². The zero-order valence-electron chi connectivity index (χ0n) is 14.4. The fourth-order valence-electron chi connectivity index (χ4n) is 3.56. The summed E-state index contributed by atoms with van der Waals surface area (Å²) >= 11 is 0. The van der Waals surface area contributed by atoms with Crippen molar-refractivity contribution in [2.24, 2.45) is 5.92 Å². The number of methoxy groups -OCH3 is 1. The Bertz CT molecular complexity index is 601. The number of aromatic nitrogens is 2. The first-order valence-electron chi connectivity index (χ1n) is 8.78. The maximum atomic E-state index is 12.1. The van der Waals surface area contributed by atoms with Gasteiger partial charge in [-0.15, -0.1) is 0 Å². The van der Waals surface area contributed by atoms with E-state index in [2.05, 4.69) is 15.7 Å². The smallest absolute Gasteiger partial charge is 0.320 e. The number of carbonyl (C=O) groups is 2. The second-order valence-electron chi connectivity index (χ2n) is 6.92. The molecule has 0 saturated heterocycles. The average molecular weight is 334 g/mol. The summed E-state index contributed by atoms with van der Waals surface area (Å²) in [6, 6.07) is 0.207. The van der Waals surface area contributed by atoms with E-state index in [1.165, 1.54) is 26.4 Å². The minimum Gasteiger partial charge on any atom is -0.469 e. The Kier molecular flexibility index (Phi) is 5.06. The van der Waals surface area contributed by atoms with Gasteiger partial charge in [0.15, 0.2) is 5.82 Å². The topological polar surface area (TPSA) is 85.2 Å². The van der Waals surface area contributed by atoms with Crippen molar-refractivity contribution in [2.75, 3.05) is 12.4 Å². The minimum atomic E-state index is -0.264. The monoisotopic (exact) mass is 334 g/mol. The molecule has 7 heteroatoms. The molecule has 2 amide bonds. The molecule has 1 heterocycles. The average Bonchev–Trinajstić information content (AvgIpc) is 2.91. The Morgan fingerprint density at radius 1 is 1.25 bits per heavy atom. The van der Waals surface area contributed by atoms with Crippen LogP contribution in [0.3, 0.4) is 0 Å². The van der Waals surface area contributed by atoms with Gasteiger partial charge in [0.2, 0.25) is 0 Å². The number of anilines is 1. The van der Waals surface area contributed by atoms with Crippen LogP contribution < -0.4 is 10.6 Å². The highest BCUT2D eigenvalue weighted by Gasteiger charge is 2.36. The molecule has 0 spiro atoms. The molecule has 2 aliphatic carbocycles. The quantitative estimate of drug-likeness (QED) is 0.829. The molecule has 7 nitrogen and oxygen atoms in total. The minimum absolute atomic E-state index is 0.0230. The van der Waals surface area contributed by atoms with Gasteiger partial charge in [-0.3, -0.25) is 14.8 Å². The lowest BCUT2D eigenvalue weighted by Gasteiger charge is -2.33. The molecule has 0 aromatic carbocycles. The van der Waals surface area contributed by atoms with Crippen molar-refractivity contribution < 1.29 is 14.3 Å². The lowest BCUT2D eigenvalue weighted by molar-refractivity contribution is -0.149. The molecule has 0 radical (unpaired) electrons. The van der Waals surface area contributed by atoms with Crippen LogP contribution >= 0.6 is 0 Å². The highest BCUT2D eigenvalue weighted by molar-refractivity contribution is 5.89. The van der Waals surface area contributed by atoms with Crippen LogP contribution in [-0.4, -0.2) is 34.9 Å². The normalized spacial score (nSPS) is 24.1. The van der Waals surface area contributed by atoms with Gasteiger partial charge < -0.3 is 10.1 Å². The Balaban J connectivity index is 1.50. The van der Waals surface area contributed by atoms with Gasteiger partial charge in [-0.25, -0.2) is 4.79 Å². The number of esters is 1. The first-order valence-corrected chi connectivity index (χ1v) is 8.78. The van der Waals surface area contributed by atoms with Crippen LogP contribution in [0.15, 0.2) is 6.20 Å². The number of hydrogen-bond donors (Lipinski definition) is 2. The van der Waals surface area contributed by atoms with E-state index < -0.39 is 0 Å². The molecule has 1 aromatic rings. The second kappa shape index (κ2) is 7.23. The van der Waals surface area contributed by atoms with Crippen LogP contribution in [0.25, 0.3) is 0 Å². The molecular formula is C17H26N4O3. The summed E-state index contributed by atoms with van der Waals surface area (Å²) in [6.45, 7) is 1.96. The molecule has 3 rings (SSSR count). The molecule has 0 aliphatic heterocycles. The third-order valence-corrected chi connectivity index (χ3v) is 5.10. The largest absolute Gasteiger partial charge is 0.469 e. The standard InChI is InChI=1S/C17H26N4O3/c1-11-10-21(14-6-4-3-5-7-14)20-15(11)19-17(23)18-13-8-12(9-13)16(22)24-2/h10,12-14H,3-9H2,1-2H3,(H2,18,19,20,23). The third-order valence-electron chi connectivity index (χ3n) is 5.10. The van der Waals surface area contributed by atoms with Crippen molar-refractivity contribution in [2.45, 2.75) is 64.0 Å². The van der Waals surface area contributed by atoms with E-state index in [4.69, 9.17) is 4.74 Å². The Hall–Kier alpha value is -2.05. The van der Waals surface area contributed by atoms with Crippen LogP contribution in [0, 0.1) is 12.8 Å². The SMILES string of the molecule is COC(=O)C1CC(NC(=O)Nc2nn(C3CCCCC3)cc2C)C1. The van der Waals surface area contributed by atoms with Crippen LogP contribution in [-0.2, 0) is 9.53 Å². The van der Waals surface area contributed by atoms with E-state index in [0.29, 0.717) is 24.7 Å². The number of amides is 2. The van der Waals surface area contributed by atoms with Gasteiger partial charge >= 0.3 is 12.0 Å². The van der Waals surface area contributed by atoms with E-state index in [1.807, 2.05) is 17.8 Å². The molecule has 24 heavy (non-hydrogen) atoms. The third kappa shape index (κ3) is 3.71. The van der Waals surface area contributed by atoms with Gasteiger partial charge in [0, 0.05) is 17.8 Å². The van der Waals surface area contributed by atoms with Crippen LogP contribution in [0.4, 0.5) is 10.6 Å². The number of hydrogen-bond acceptors (Lipinski definition) is 4. The van der Waals surface area contributed by atoms with Crippen molar-refractivity contribution >= 4 is 17.8 Å². The number of rotatable bonds is 4. The summed E-state index contributed by atoms with van der Waals surface area (Å²) in [6.07, 6.45) is 9.39. The molecule has 0 unspecified atom stereocenters. The number of urea groups is 1. The molecular weight excluding hydrogens is 308 g/mol. The lowest BCUT2D eigenvalue weighted by Crippen LogP contribution is -2.48. The highest BCUT2D eigenvalue weighted by atomic mass is 16.5. The summed E-state index contributed by atoms with van der Waals surface area (Å²) in [5.41, 5.74) is 0.969. The van der Waals surface area contributed by atoms with E-state index >= 15 is 0 Å². The zero-order valence-corrected chi connectivity index (χ0v) is 14.4. The second-order valence-corrected chi connectivity index (χ2v) is 6.92. The summed E-state index contributed by atoms with van der Waals surface area (Å²) < 4.78 is 6.70. The fourth-order valence-corrected chi connectivity index (χ4v) is 3.56. The summed E-state index contributed by atoms with van der Waals surface area (Å²) in [7, 11) is 1.39. The fraction of sp³-hybridized carbons (Fsp3) is 0.706. The highest BCUT2D eigenvalue weighted by Crippen LogP contribution is 2.30. The van der Waals surface area contributed by atoms with Gasteiger partial charge in [-0.05, 0) is 32.6 Å². The Morgan fingerprint density at radius 3 is 2.62 bits per heavy atom. The molecule has 2 fully saturated rings. The maximum Gasteiger partial charge on any atom is 0.320 e. The zero-order chi connectivity index (χ0) is 17.1. The molecule has 2 saturated carbocycles. The first-order chi connectivity index (χ1) is 11.6. The van der Waals surface area contributed by atoms with E-state index in [9.17, 15) is 9.59 Å². The van der Waals surface area contributed by atoms with Crippen molar-refractivity contribution in [3.63, 3.8) is 0 Å².